The van der Waals surface area contributed by atoms with Crippen LogP contribution in [-0.4, -0.2) is 11.7 Å². The summed E-state index contributed by atoms with van der Waals surface area (Å²) in [6, 6.07) is 0. The number of rotatable bonds is 0. The molecule has 0 aliphatic carbocycles. The van der Waals surface area contributed by atoms with Gasteiger partial charge in [0.25, 0.3) is 5.84 Å². The molecule has 0 fully saturated rings. The van der Waals surface area contributed by atoms with Crippen molar-refractivity contribution in [2.24, 2.45) is 10.7 Å². The first-order chi connectivity index (χ1) is 3.13. The zero-order valence-electron chi connectivity index (χ0n) is 4.60. The zero-order valence-corrected chi connectivity index (χ0v) is 4.60. The molecule has 0 spiro atoms. The normalized spacial score (nSPS) is 11.4. The van der Waals surface area contributed by atoms with Crippen molar-refractivity contribution in [1.29, 1.82) is 0 Å². The Morgan fingerprint density at radius 3 is 2.00 bits per heavy atom. The molecular weight excluding hydrogens is 90.1 g/mol. The van der Waals surface area contributed by atoms with E-state index in [4.69, 9.17) is 11.1 Å². The Labute approximate surface area is 42.8 Å². The van der Waals surface area contributed by atoms with E-state index < -0.39 is 0 Å². The van der Waals surface area contributed by atoms with E-state index in [0.29, 0.717) is 11.7 Å². The third-order valence-corrected chi connectivity index (χ3v) is 0.353. The maximum Gasteiger partial charge on any atom is 0.288 e. The van der Waals surface area contributed by atoms with Crippen LogP contribution < -0.4 is 11.1 Å². The highest BCUT2D eigenvalue weighted by molar-refractivity contribution is 5.90. The lowest BCUT2D eigenvalue weighted by molar-refractivity contribution is -0.115. The van der Waals surface area contributed by atoms with Crippen molar-refractivity contribution in [3.05, 3.63) is 0 Å². The number of amidine groups is 2. The summed E-state index contributed by atoms with van der Waals surface area (Å²) in [6.07, 6.45) is 0. The lowest BCUT2D eigenvalue weighted by atomic mass is 10.6. The van der Waals surface area contributed by atoms with Gasteiger partial charge in [-0.1, -0.05) is 0 Å². The molecule has 0 aliphatic rings. The van der Waals surface area contributed by atoms with Crippen LogP contribution >= 0.6 is 0 Å². The smallest absolute Gasteiger partial charge is 0.288 e. The molecule has 0 aliphatic heterocycles. The van der Waals surface area contributed by atoms with E-state index >= 15 is 0 Å². The van der Waals surface area contributed by atoms with Crippen molar-refractivity contribution in [2.45, 2.75) is 13.8 Å². The minimum atomic E-state index is 0.500. The molecule has 0 radical (unpaired) electrons. The fraction of sp³-hybridized carbons (Fsp3) is 0.500. The van der Waals surface area contributed by atoms with Crippen LogP contribution in [0.3, 0.4) is 0 Å². The van der Waals surface area contributed by atoms with Crippen molar-refractivity contribution in [3.8, 4) is 0 Å². The molecule has 0 aromatic rings. The summed E-state index contributed by atoms with van der Waals surface area (Å²) in [7, 11) is 0. The molecule has 0 heterocycles. The Balaban J connectivity index is 3.68. The first kappa shape index (κ1) is 6.14. The standard InChI is InChI=1S/C4H9N3/c1-3(5)7-4(2)6/h1-2H3,(H3,5,6,7)/p+1. The Morgan fingerprint density at radius 1 is 1.57 bits per heavy atom. The van der Waals surface area contributed by atoms with Gasteiger partial charge in [0.05, 0.1) is 0 Å². The largest absolute Gasteiger partial charge is 0.367 e. The molecule has 0 aromatic heterocycles. The van der Waals surface area contributed by atoms with Crippen LogP contribution in [0.25, 0.3) is 0 Å². The van der Waals surface area contributed by atoms with E-state index in [0.717, 1.165) is 0 Å². The monoisotopic (exact) mass is 100 g/mol. The summed E-state index contributed by atoms with van der Waals surface area (Å²) in [6.45, 7) is 3.38. The SMILES string of the molecule is CC(=[NH2+])N=C(C)N. The van der Waals surface area contributed by atoms with Gasteiger partial charge in [-0.2, -0.15) is 0 Å². The van der Waals surface area contributed by atoms with Crippen LogP contribution in [0.5, 0.6) is 0 Å². The second-order valence-electron chi connectivity index (χ2n) is 1.39. The van der Waals surface area contributed by atoms with Crippen LogP contribution in [-0.2, 0) is 0 Å². The summed E-state index contributed by atoms with van der Waals surface area (Å²) >= 11 is 0. The molecule has 0 rings (SSSR count). The van der Waals surface area contributed by atoms with Gasteiger partial charge in [-0.3, -0.25) is 5.41 Å². The third-order valence-electron chi connectivity index (χ3n) is 0.353. The van der Waals surface area contributed by atoms with Crippen molar-refractivity contribution >= 4 is 11.7 Å². The number of aliphatic imine (C=N–C) groups is 1. The van der Waals surface area contributed by atoms with Gasteiger partial charge in [-0.25, -0.2) is 0 Å². The van der Waals surface area contributed by atoms with Gasteiger partial charge in [-0.15, -0.1) is 0 Å². The molecule has 3 heteroatoms. The van der Waals surface area contributed by atoms with Gasteiger partial charge in [0.1, 0.15) is 0 Å². The van der Waals surface area contributed by atoms with Gasteiger partial charge >= 0.3 is 0 Å². The van der Waals surface area contributed by atoms with Crippen LogP contribution in [0.1, 0.15) is 13.8 Å². The van der Waals surface area contributed by atoms with Gasteiger partial charge in [-0.05, 0) is 4.99 Å². The molecule has 0 unspecified atom stereocenters. The van der Waals surface area contributed by atoms with Gasteiger partial charge in [0.2, 0.25) is 5.84 Å². The number of hydrogen-bond donors (Lipinski definition) is 2. The van der Waals surface area contributed by atoms with E-state index in [1.807, 2.05) is 0 Å². The fourth-order valence-electron chi connectivity index (χ4n) is 0.278. The van der Waals surface area contributed by atoms with E-state index in [1.165, 1.54) is 0 Å². The summed E-state index contributed by atoms with van der Waals surface area (Å²) < 4.78 is 0. The molecular formula is C4H10N3+. The van der Waals surface area contributed by atoms with Gasteiger partial charge in [0.15, 0.2) is 0 Å². The van der Waals surface area contributed by atoms with E-state index in [9.17, 15) is 0 Å². The van der Waals surface area contributed by atoms with Crippen LogP contribution in [0.4, 0.5) is 0 Å². The average Bonchev–Trinajstić information content (AvgIpc) is 1.27. The molecule has 7 heavy (non-hydrogen) atoms. The van der Waals surface area contributed by atoms with Crippen molar-refractivity contribution in [3.63, 3.8) is 0 Å². The summed E-state index contributed by atoms with van der Waals surface area (Å²) in [5.41, 5.74) is 5.14. The van der Waals surface area contributed by atoms with Gasteiger partial charge in [0, 0.05) is 13.8 Å². The first-order valence-electron chi connectivity index (χ1n) is 2.02. The van der Waals surface area contributed by atoms with E-state index in [2.05, 4.69) is 4.99 Å². The van der Waals surface area contributed by atoms with Crippen molar-refractivity contribution in [1.82, 2.24) is 0 Å². The summed E-state index contributed by atoms with van der Waals surface area (Å²) in [5, 5.41) is 5.14. The molecule has 0 amide bonds. The van der Waals surface area contributed by atoms with Gasteiger partial charge < -0.3 is 5.73 Å². The number of hydrogen-bond acceptors (Lipinski definition) is 0. The van der Waals surface area contributed by atoms with E-state index in [1.54, 1.807) is 13.8 Å². The Bertz CT molecular complexity index is 99.5. The maximum atomic E-state index is 5.14. The number of nitrogens with zero attached hydrogens (tertiary/aromatic N) is 1. The lowest BCUT2D eigenvalue weighted by Crippen LogP contribution is -2.37. The van der Waals surface area contributed by atoms with Crippen LogP contribution in [0, 0.1) is 0 Å². The zero-order chi connectivity index (χ0) is 5.86. The molecule has 0 atom stereocenters. The van der Waals surface area contributed by atoms with E-state index in [-0.39, 0.29) is 0 Å². The summed E-state index contributed by atoms with van der Waals surface area (Å²) in [5.74, 6) is 1.00. The third kappa shape index (κ3) is 5.14. The predicted octanol–water partition coefficient (Wildman–Crippen LogP) is -1.46. The van der Waals surface area contributed by atoms with Crippen molar-refractivity contribution < 1.29 is 5.41 Å². The van der Waals surface area contributed by atoms with Crippen LogP contribution in [0.15, 0.2) is 4.99 Å². The highest BCUT2D eigenvalue weighted by Crippen LogP contribution is 1.65. The lowest BCUT2D eigenvalue weighted by Gasteiger charge is -1.73. The molecule has 0 aromatic carbocycles. The molecule has 40 valence electrons. The van der Waals surface area contributed by atoms with Crippen molar-refractivity contribution in [2.75, 3.05) is 0 Å². The molecule has 0 saturated heterocycles. The Morgan fingerprint density at radius 2 is 2.00 bits per heavy atom. The predicted molar refractivity (Wildman–Crippen MR) is 29.9 cm³/mol. The molecule has 4 N–H and O–H groups in total. The Kier molecular flexibility index (Phi) is 2.05. The average molecular weight is 100 g/mol. The Hall–Kier alpha value is -0.860. The second kappa shape index (κ2) is 2.34. The molecule has 0 bridgehead atoms. The second-order valence-corrected chi connectivity index (χ2v) is 1.39. The highest BCUT2D eigenvalue weighted by atomic mass is 14.9. The quantitative estimate of drug-likeness (QED) is 0.283. The minimum Gasteiger partial charge on any atom is -0.367 e. The topological polar surface area (TPSA) is 64.0 Å². The number of nitrogens with two attached hydrogens (primary N) is 2. The summed E-state index contributed by atoms with van der Waals surface area (Å²) in [4.78, 5) is 3.67. The maximum absolute atomic E-state index is 5.14. The first-order valence-corrected chi connectivity index (χ1v) is 2.02. The molecule has 0 saturated carbocycles. The fourth-order valence-corrected chi connectivity index (χ4v) is 0.278. The highest BCUT2D eigenvalue weighted by Gasteiger charge is 1.89. The van der Waals surface area contributed by atoms with Crippen LogP contribution in [0.2, 0.25) is 0 Å². The molecule has 3 nitrogen and oxygen atoms in total. The minimum absolute atomic E-state index is 0.500.